The topological polar surface area (TPSA) is 88.0 Å². The van der Waals surface area contributed by atoms with Crippen LogP contribution in [0.15, 0.2) is 30.3 Å². The zero-order chi connectivity index (χ0) is 15.4. The van der Waals surface area contributed by atoms with E-state index >= 15 is 0 Å². The molecule has 2 aromatic carbocycles. The number of aromatic hydroxyl groups is 2. The molecule has 0 amide bonds. The molecule has 0 saturated heterocycles. The van der Waals surface area contributed by atoms with Crippen molar-refractivity contribution in [3.05, 3.63) is 58.1 Å². The predicted molar refractivity (Wildman–Crippen MR) is 77.8 cm³/mol. The van der Waals surface area contributed by atoms with Crippen molar-refractivity contribution in [1.29, 1.82) is 10.5 Å². The van der Waals surface area contributed by atoms with Crippen molar-refractivity contribution >= 4 is 0 Å². The molecule has 0 radical (unpaired) electrons. The van der Waals surface area contributed by atoms with Gasteiger partial charge in [0.1, 0.15) is 11.6 Å². The average molecular weight is 278 g/mol. The molecule has 0 fully saturated rings. The van der Waals surface area contributed by atoms with E-state index < -0.39 is 11.5 Å². The molecule has 0 unspecified atom stereocenters. The van der Waals surface area contributed by atoms with Gasteiger partial charge < -0.3 is 10.2 Å². The van der Waals surface area contributed by atoms with Crippen LogP contribution in [-0.4, -0.2) is 10.2 Å². The van der Waals surface area contributed by atoms with Crippen LogP contribution in [0, 0.1) is 22.7 Å². The van der Waals surface area contributed by atoms with E-state index in [9.17, 15) is 20.7 Å². The Morgan fingerprint density at radius 2 is 1.71 bits per heavy atom. The number of aryl methyl sites for hydroxylation is 1. The summed E-state index contributed by atoms with van der Waals surface area (Å²) in [7, 11) is 0. The van der Waals surface area contributed by atoms with Crippen molar-refractivity contribution in [2.24, 2.45) is 0 Å². The normalized spacial score (nSPS) is 9.86. The summed E-state index contributed by atoms with van der Waals surface area (Å²) < 4.78 is 0. The van der Waals surface area contributed by atoms with Gasteiger partial charge in [-0.3, -0.25) is 0 Å². The Morgan fingerprint density at radius 1 is 1.05 bits per heavy atom. The van der Waals surface area contributed by atoms with Gasteiger partial charge >= 0.3 is 0 Å². The third kappa shape index (κ3) is 2.66. The quantitative estimate of drug-likeness (QED) is 0.845. The van der Waals surface area contributed by atoms with Crippen LogP contribution in [0.1, 0.15) is 34.7 Å². The van der Waals surface area contributed by atoms with E-state index in [0.717, 1.165) is 17.5 Å². The smallest absolute Gasteiger partial charge is 0.175 e. The molecule has 0 saturated carbocycles. The number of phenols is 2. The van der Waals surface area contributed by atoms with Crippen LogP contribution in [0.4, 0.5) is 0 Å². The van der Waals surface area contributed by atoms with Gasteiger partial charge in [0.05, 0.1) is 11.6 Å². The second-order valence-electron chi connectivity index (χ2n) is 4.67. The minimum Gasteiger partial charge on any atom is -0.504 e. The highest BCUT2D eigenvalue weighted by molar-refractivity contribution is 5.62. The second kappa shape index (κ2) is 5.98. The van der Waals surface area contributed by atoms with Crippen LogP contribution in [0.5, 0.6) is 11.5 Å². The molecule has 2 aromatic rings. The Labute approximate surface area is 123 Å². The molecule has 0 spiro atoms. The van der Waals surface area contributed by atoms with Crippen molar-refractivity contribution in [2.45, 2.75) is 19.8 Å². The summed E-state index contributed by atoms with van der Waals surface area (Å²) in [5.41, 5.74) is 2.72. The fourth-order valence-corrected chi connectivity index (χ4v) is 2.37. The number of nitrogens with zero attached hydrogens (tertiary/aromatic N) is 2. The predicted octanol–water partition coefficient (Wildman–Crippen LogP) is 2.99. The molecular weight excluding hydrogens is 264 g/mol. The summed E-state index contributed by atoms with van der Waals surface area (Å²) >= 11 is 0. The Bertz CT molecular complexity index is 768. The Kier molecular flexibility index (Phi) is 4.11. The molecule has 0 heterocycles. The first kappa shape index (κ1) is 14.4. The lowest BCUT2D eigenvalue weighted by molar-refractivity contribution is 0.402. The molecule has 0 aliphatic rings. The van der Waals surface area contributed by atoms with E-state index in [1.165, 1.54) is 6.07 Å². The summed E-state index contributed by atoms with van der Waals surface area (Å²) in [5.74, 6) is -0.920. The van der Waals surface area contributed by atoms with Crippen molar-refractivity contribution < 1.29 is 10.2 Å². The first-order valence-electron chi connectivity index (χ1n) is 6.57. The largest absolute Gasteiger partial charge is 0.504 e. The van der Waals surface area contributed by atoms with Gasteiger partial charge in [-0.25, -0.2) is 0 Å². The number of phenolic OH excluding ortho intramolecular Hbond substituents is 2. The number of rotatable bonds is 3. The molecule has 4 nitrogen and oxygen atoms in total. The van der Waals surface area contributed by atoms with E-state index in [-0.39, 0.29) is 11.1 Å². The van der Waals surface area contributed by atoms with Crippen molar-refractivity contribution in [1.82, 2.24) is 0 Å². The van der Waals surface area contributed by atoms with Gasteiger partial charge in [-0.05, 0) is 23.1 Å². The van der Waals surface area contributed by atoms with Gasteiger partial charge in [-0.15, -0.1) is 0 Å². The van der Waals surface area contributed by atoms with Gasteiger partial charge in [0.2, 0.25) is 0 Å². The standard InChI is InChI=1S/C17H14N2O2/c1-2-11-5-3-4-6-12(11)7-14-13(9-18)8-16(20)17(21)15(14)10-19/h3-6,8,20-21H,2,7H2,1H3. The fourth-order valence-electron chi connectivity index (χ4n) is 2.37. The summed E-state index contributed by atoms with van der Waals surface area (Å²) in [6.07, 6.45) is 1.20. The summed E-state index contributed by atoms with van der Waals surface area (Å²) in [5, 5.41) is 37.8. The molecule has 21 heavy (non-hydrogen) atoms. The first-order chi connectivity index (χ1) is 10.1. The number of nitriles is 2. The summed E-state index contributed by atoms with van der Waals surface area (Å²) in [4.78, 5) is 0. The lowest BCUT2D eigenvalue weighted by atomic mass is 9.92. The molecule has 104 valence electrons. The van der Waals surface area contributed by atoms with E-state index in [2.05, 4.69) is 0 Å². The van der Waals surface area contributed by atoms with Gasteiger partial charge in [-0.1, -0.05) is 31.2 Å². The maximum absolute atomic E-state index is 9.82. The van der Waals surface area contributed by atoms with Crippen LogP contribution in [0.2, 0.25) is 0 Å². The molecule has 0 aliphatic carbocycles. The zero-order valence-corrected chi connectivity index (χ0v) is 11.6. The molecule has 2 rings (SSSR count). The fraction of sp³-hybridized carbons (Fsp3) is 0.176. The SMILES string of the molecule is CCc1ccccc1Cc1c(C#N)cc(O)c(O)c1C#N. The van der Waals surface area contributed by atoms with Gasteiger partial charge in [0.25, 0.3) is 0 Å². The van der Waals surface area contributed by atoms with E-state index in [0.29, 0.717) is 12.0 Å². The molecule has 2 N–H and O–H groups in total. The zero-order valence-electron chi connectivity index (χ0n) is 11.6. The number of hydrogen-bond donors (Lipinski definition) is 2. The van der Waals surface area contributed by atoms with E-state index in [1.54, 1.807) is 0 Å². The third-order valence-corrected chi connectivity index (χ3v) is 3.49. The van der Waals surface area contributed by atoms with E-state index in [1.807, 2.05) is 43.3 Å². The van der Waals surface area contributed by atoms with Gasteiger partial charge in [0.15, 0.2) is 11.5 Å². The highest BCUT2D eigenvalue weighted by atomic mass is 16.3. The molecule has 0 aromatic heterocycles. The highest BCUT2D eigenvalue weighted by Gasteiger charge is 2.18. The Hall–Kier alpha value is -2.98. The van der Waals surface area contributed by atoms with E-state index in [4.69, 9.17) is 0 Å². The third-order valence-electron chi connectivity index (χ3n) is 3.49. The lowest BCUT2D eigenvalue weighted by Gasteiger charge is -2.12. The Morgan fingerprint density at radius 3 is 2.29 bits per heavy atom. The van der Waals surface area contributed by atoms with Gasteiger partial charge in [0, 0.05) is 12.5 Å². The van der Waals surface area contributed by atoms with Crippen LogP contribution in [0.3, 0.4) is 0 Å². The summed E-state index contributed by atoms with van der Waals surface area (Å²) in [6.45, 7) is 2.03. The Balaban J connectivity index is 2.62. The maximum Gasteiger partial charge on any atom is 0.175 e. The maximum atomic E-state index is 9.82. The van der Waals surface area contributed by atoms with Crippen molar-refractivity contribution in [2.75, 3.05) is 0 Å². The molecule has 4 heteroatoms. The molecule has 0 aliphatic heterocycles. The molecule has 0 bridgehead atoms. The summed E-state index contributed by atoms with van der Waals surface area (Å²) in [6, 6.07) is 12.8. The van der Waals surface area contributed by atoms with Crippen molar-refractivity contribution in [3.8, 4) is 23.6 Å². The van der Waals surface area contributed by atoms with Crippen LogP contribution < -0.4 is 0 Å². The number of hydrogen-bond acceptors (Lipinski definition) is 4. The minimum atomic E-state index is -0.472. The monoisotopic (exact) mass is 278 g/mol. The highest BCUT2D eigenvalue weighted by Crippen LogP contribution is 2.34. The number of benzene rings is 2. The van der Waals surface area contributed by atoms with Gasteiger partial charge in [-0.2, -0.15) is 10.5 Å². The second-order valence-corrected chi connectivity index (χ2v) is 4.67. The average Bonchev–Trinajstić information content (AvgIpc) is 2.51. The molecule has 0 atom stereocenters. The van der Waals surface area contributed by atoms with Crippen LogP contribution in [0.25, 0.3) is 0 Å². The molecular formula is C17H14N2O2. The minimum absolute atomic E-state index is 0.0440. The van der Waals surface area contributed by atoms with Crippen LogP contribution in [-0.2, 0) is 12.8 Å². The lowest BCUT2D eigenvalue weighted by Crippen LogP contribution is -2.00. The first-order valence-corrected chi connectivity index (χ1v) is 6.57. The van der Waals surface area contributed by atoms with Crippen molar-refractivity contribution in [3.63, 3.8) is 0 Å². The van der Waals surface area contributed by atoms with Crippen LogP contribution >= 0.6 is 0 Å².